The average molecular weight is 412 g/mol. The lowest BCUT2D eigenvalue weighted by Crippen LogP contribution is -2.48. The van der Waals surface area contributed by atoms with E-state index in [0.717, 1.165) is 37.1 Å². The fourth-order valence-electron chi connectivity index (χ4n) is 3.95. The Bertz CT molecular complexity index is 1090. The number of hydrogen-bond donors (Lipinski definition) is 1. The van der Waals surface area contributed by atoms with Crippen molar-refractivity contribution in [1.82, 2.24) is 35.0 Å². The smallest absolute Gasteiger partial charge is 0.253 e. The lowest BCUT2D eigenvalue weighted by atomic mass is 10.0. The SMILES string of the molecule is COc1ccc2cc([C@@H](c3nnnn3C(C)(C)C)N3CCN(C)CC3)c(=O)[nH]c2c1. The van der Waals surface area contributed by atoms with Crippen molar-refractivity contribution >= 4 is 10.9 Å². The molecule has 0 aliphatic carbocycles. The number of likely N-dealkylation sites (N-methyl/N-ethyl adjacent to an activating group) is 1. The second-order valence-electron chi connectivity index (χ2n) is 8.87. The average Bonchev–Trinajstić information content (AvgIpc) is 3.19. The third kappa shape index (κ3) is 3.82. The van der Waals surface area contributed by atoms with Gasteiger partial charge in [-0.25, -0.2) is 4.68 Å². The highest BCUT2D eigenvalue weighted by Crippen LogP contribution is 2.30. The van der Waals surface area contributed by atoms with Gasteiger partial charge in [-0.1, -0.05) is 0 Å². The van der Waals surface area contributed by atoms with Gasteiger partial charge in [-0.2, -0.15) is 0 Å². The van der Waals surface area contributed by atoms with Crippen molar-refractivity contribution in [1.29, 1.82) is 0 Å². The fraction of sp³-hybridized carbons (Fsp3) is 0.524. The standard InChI is InChI=1S/C21H29N7O2/c1-21(2,3)28-19(23-24-25-28)18(27-10-8-26(4)9-11-27)16-12-14-6-7-15(30-5)13-17(14)22-20(16)29/h6-7,12-13,18H,8-11H2,1-5H3,(H,22,29)/t18-/m0/s1. The largest absolute Gasteiger partial charge is 0.497 e. The Hall–Kier alpha value is -2.78. The molecule has 0 unspecified atom stereocenters. The molecule has 1 atom stereocenters. The Morgan fingerprint density at radius 3 is 2.53 bits per heavy atom. The van der Waals surface area contributed by atoms with Crippen LogP contribution < -0.4 is 10.3 Å². The molecule has 1 N–H and O–H groups in total. The number of rotatable bonds is 4. The highest BCUT2D eigenvalue weighted by molar-refractivity contribution is 5.80. The lowest BCUT2D eigenvalue weighted by Gasteiger charge is -2.38. The highest BCUT2D eigenvalue weighted by Gasteiger charge is 2.34. The summed E-state index contributed by atoms with van der Waals surface area (Å²) in [6, 6.07) is 7.32. The van der Waals surface area contributed by atoms with E-state index >= 15 is 0 Å². The first-order valence-corrected chi connectivity index (χ1v) is 10.2. The van der Waals surface area contributed by atoms with Crippen LogP contribution in [-0.4, -0.2) is 75.3 Å². The van der Waals surface area contributed by atoms with Gasteiger partial charge in [0.15, 0.2) is 5.82 Å². The zero-order chi connectivity index (χ0) is 21.5. The normalized spacial score (nSPS) is 17.4. The van der Waals surface area contributed by atoms with Gasteiger partial charge in [-0.15, -0.1) is 5.10 Å². The molecule has 1 aromatic carbocycles. The summed E-state index contributed by atoms with van der Waals surface area (Å²) in [6.07, 6.45) is 0. The van der Waals surface area contributed by atoms with E-state index in [-0.39, 0.29) is 17.1 Å². The summed E-state index contributed by atoms with van der Waals surface area (Å²) in [4.78, 5) is 20.8. The summed E-state index contributed by atoms with van der Waals surface area (Å²) in [5.41, 5.74) is 0.956. The maximum atomic E-state index is 13.2. The Morgan fingerprint density at radius 2 is 1.87 bits per heavy atom. The van der Waals surface area contributed by atoms with Crippen molar-refractivity contribution in [2.45, 2.75) is 32.4 Å². The van der Waals surface area contributed by atoms with Crippen molar-refractivity contribution in [3.05, 3.63) is 46.0 Å². The molecule has 1 aliphatic rings. The van der Waals surface area contributed by atoms with Crippen molar-refractivity contribution in [3.63, 3.8) is 0 Å². The van der Waals surface area contributed by atoms with Crippen molar-refractivity contribution in [2.24, 2.45) is 0 Å². The van der Waals surface area contributed by atoms with Crippen LogP contribution in [0.2, 0.25) is 0 Å². The van der Waals surface area contributed by atoms with Crippen LogP contribution in [0.15, 0.2) is 29.1 Å². The molecule has 1 fully saturated rings. The van der Waals surface area contributed by atoms with Gasteiger partial charge in [-0.3, -0.25) is 9.69 Å². The van der Waals surface area contributed by atoms with Gasteiger partial charge in [0, 0.05) is 37.8 Å². The monoisotopic (exact) mass is 411 g/mol. The highest BCUT2D eigenvalue weighted by atomic mass is 16.5. The zero-order valence-corrected chi connectivity index (χ0v) is 18.2. The Kier molecular flexibility index (Phi) is 5.33. The van der Waals surface area contributed by atoms with E-state index in [2.05, 4.69) is 58.1 Å². The van der Waals surface area contributed by atoms with Crippen LogP contribution in [0.25, 0.3) is 10.9 Å². The van der Waals surface area contributed by atoms with Crippen LogP contribution in [0, 0.1) is 0 Å². The number of tetrazole rings is 1. The number of fused-ring (bicyclic) bond motifs is 1. The summed E-state index contributed by atoms with van der Waals surface area (Å²) in [5, 5.41) is 13.5. The number of methoxy groups -OCH3 is 1. The van der Waals surface area contributed by atoms with E-state index in [9.17, 15) is 4.79 Å². The Labute approximate surface area is 175 Å². The van der Waals surface area contributed by atoms with E-state index < -0.39 is 0 Å². The minimum Gasteiger partial charge on any atom is -0.497 e. The molecule has 0 radical (unpaired) electrons. The van der Waals surface area contributed by atoms with Gasteiger partial charge in [0.05, 0.1) is 18.2 Å². The maximum Gasteiger partial charge on any atom is 0.253 e. The number of pyridine rings is 1. The third-order valence-electron chi connectivity index (χ3n) is 5.65. The molecule has 1 aliphatic heterocycles. The van der Waals surface area contributed by atoms with Crippen molar-refractivity contribution in [3.8, 4) is 5.75 Å². The molecule has 4 rings (SSSR count). The maximum absolute atomic E-state index is 13.2. The first-order chi connectivity index (χ1) is 14.3. The summed E-state index contributed by atoms with van der Waals surface area (Å²) in [6.45, 7) is 9.70. The topological polar surface area (TPSA) is 92.2 Å². The van der Waals surface area contributed by atoms with Gasteiger partial charge in [-0.05, 0) is 61.8 Å². The number of hydrogen-bond acceptors (Lipinski definition) is 7. The summed E-state index contributed by atoms with van der Waals surface area (Å²) in [5.74, 6) is 1.39. The van der Waals surface area contributed by atoms with Crippen molar-refractivity contribution in [2.75, 3.05) is 40.3 Å². The minimum absolute atomic E-state index is 0.136. The summed E-state index contributed by atoms with van der Waals surface area (Å²) < 4.78 is 7.12. The minimum atomic E-state index is -0.330. The summed E-state index contributed by atoms with van der Waals surface area (Å²) in [7, 11) is 3.73. The van der Waals surface area contributed by atoms with Gasteiger partial charge in [0.25, 0.3) is 5.56 Å². The van der Waals surface area contributed by atoms with Crippen LogP contribution in [-0.2, 0) is 5.54 Å². The van der Waals surface area contributed by atoms with E-state index in [4.69, 9.17) is 4.74 Å². The molecule has 1 saturated heterocycles. The van der Waals surface area contributed by atoms with E-state index in [1.165, 1.54) is 0 Å². The molecule has 0 amide bonds. The zero-order valence-electron chi connectivity index (χ0n) is 18.2. The number of H-pyrrole nitrogens is 1. The van der Waals surface area contributed by atoms with E-state index in [1.54, 1.807) is 7.11 Å². The number of aromatic nitrogens is 5. The second-order valence-corrected chi connectivity index (χ2v) is 8.87. The molecular weight excluding hydrogens is 382 g/mol. The number of aromatic amines is 1. The number of nitrogens with zero attached hydrogens (tertiary/aromatic N) is 6. The molecule has 3 aromatic rings. The quantitative estimate of drug-likeness (QED) is 0.697. The molecule has 0 spiro atoms. The molecular formula is C21H29N7O2. The first kappa shape index (κ1) is 20.5. The van der Waals surface area contributed by atoms with Gasteiger partial charge in [0.2, 0.25) is 0 Å². The van der Waals surface area contributed by atoms with Crippen LogP contribution in [0.4, 0.5) is 0 Å². The molecule has 9 nitrogen and oxygen atoms in total. The molecule has 160 valence electrons. The molecule has 9 heteroatoms. The number of benzene rings is 1. The first-order valence-electron chi connectivity index (χ1n) is 10.2. The molecule has 2 aromatic heterocycles. The van der Waals surface area contributed by atoms with Gasteiger partial charge >= 0.3 is 0 Å². The van der Waals surface area contributed by atoms with Crippen molar-refractivity contribution < 1.29 is 4.74 Å². The van der Waals surface area contributed by atoms with Crippen LogP contribution in [0.1, 0.15) is 38.2 Å². The predicted molar refractivity (Wildman–Crippen MR) is 115 cm³/mol. The van der Waals surface area contributed by atoms with Gasteiger partial charge < -0.3 is 14.6 Å². The third-order valence-corrected chi connectivity index (χ3v) is 5.65. The molecule has 0 bridgehead atoms. The van der Waals surface area contributed by atoms with E-state index in [0.29, 0.717) is 17.1 Å². The Balaban J connectivity index is 1.87. The molecule has 3 heterocycles. The second kappa shape index (κ2) is 7.81. The number of ether oxygens (including phenoxy) is 1. The molecule has 30 heavy (non-hydrogen) atoms. The number of nitrogens with one attached hydrogen (secondary N) is 1. The number of piperazine rings is 1. The fourth-order valence-corrected chi connectivity index (χ4v) is 3.95. The predicted octanol–water partition coefficient (Wildman–Crippen LogP) is 1.61. The van der Waals surface area contributed by atoms with Crippen LogP contribution in [0.3, 0.4) is 0 Å². The summed E-state index contributed by atoms with van der Waals surface area (Å²) >= 11 is 0. The lowest BCUT2D eigenvalue weighted by molar-refractivity contribution is 0.118. The molecule has 0 saturated carbocycles. The van der Waals surface area contributed by atoms with Gasteiger partial charge in [0.1, 0.15) is 11.8 Å². The van der Waals surface area contributed by atoms with Crippen LogP contribution >= 0.6 is 0 Å². The van der Waals surface area contributed by atoms with Crippen LogP contribution in [0.5, 0.6) is 5.75 Å². The Morgan fingerprint density at radius 1 is 1.13 bits per heavy atom. The van der Waals surface area contributed by atoms with E-state index in [1.807, 2.05) is 28.9 Å².